The molecule has 0 radical (unpaired) electrons. The van der Waals surface area contributed by atoms with Crippen LogP contribution in [-0.2, 0) is 0 Å². The number of ketones is 1. The van der Waals surface area contributed by atoms with Gasteiger partial charge in [0.05, 0.1) is 5.56 Å². The molecular formula is C14H7ClFNO2. The van der Waals surface area contributed by atoms with E-state index in [0.29, 0.717) is 15.3 Å². The third kappa shape index (κ3) is 1.72. The second-order valence-electron chi connectivity index (χ2n) is 4.11. The number of Topliss-reactive ketones (excluding diaryl/α,β-unsaturated/α-hetero) is 1. The van der Waals surface area contributed by atoms with Crippen molar-refractivity contribution >= 4 is 28.8 Å². The van der Waals surface area contributed by atoms with Crippen LogP contribution >= 0.6 is 11.6 Å². The zero-order valence-corrected chi connectivity index (χ0v) is 10.3. The molecule has 1 heterocycles. The molecule has 1 aliphatic rings. The van der Waals surface area contributed by atoms with E-state index in [0.717, 1.165) is 6.07 Å². The molecule has 3 rings (SSSR count). The Morgan fingerprint density at radius 3 is 2.42 bits per heavy atom. The molecule has 0 atom stereocenters. The number of nitrogens with zero attached hydrogens (tertiary/aromatic N) is 1. The standard InChI is InChI=1S/C14H7ClFNO2/c15-9-6-4-8(5-7-9)13-14(18)12-10(16)2-1-3-11(12)17(13)19/h1-7H. The maximum absolute atomic E-state index is 13.6. The van der Waals surface area contributed by atoms with Crippen molar-refractivity contribution in [1.29, 1.82) is 0 Å². The number of hydrogen-bond donors (Lipinski definition) is 0. The van der Waals surface area contributed by atoms with Crippen LogP contribution in [0.25, 0.3) is 0 Å². The number of halogens is 2. The van der Waals surface area contributed by atoms with Gasteiger partial charge in [-0.3, -0.25) is 4.79 Å². The molecule has 0 fully saturated rings. The lowest BCUT2D eigenvalue weighted by Crippen LogP contribution is -2.16. The van der Waals surface area contributed by atoms with Gasteiger partial charge in [-0.25, -0.2) is 4.39 Å². The monoisotopic (exact) mass is 275 g/mol. The van der Waals surface area contributed by atoms with Crippen molar-refractivity contribution in [2.75, 3.05) is 0 Å². The Morgan fingerprint density at radius 1 is 1.11 bits per heavy atom. The topological polar surface area (TPSA) is 43.1 Å². The van der Waals surface area contributed by atoms with Gasteiger partial charge in [-0.1, -0.05) is 17.7 Å². The normalized spacial score (nSPS) is 13.9. The zero-order valence-electron chi connectivity index (χ0n) is 9.56. The fraction of sp³-hybridized carbons (Fsp3) is 0. The van der Waals surface area contributed by atoms with Crippen LogP contribution in [0.2, 0.25) is 5.02 Å². The minimum Gasteiger partial charge on any atom is -0.618 e. The summed E-state index contributed by atoms with van der Waals surface area (Å²) in [5, 5.41) is 12.6. The summed E-state index contributed by atoms with van der Waals surface area (Å²) in [6.07, 6.45) is 0. The smallest absolute Gasteiger partial charge is 0.273 e. The molecular weight excluding hydrogens is 269 g/mol. The molecule has 94 valence electrons. The first-order chi connectivity index (χ1) is 9.09. The van der Waals surface area contributed by atoms with Gasteiger partial charge in [0.1, 0.15) is 11.4 Å². The van der Waals surface area contributed by atoms with Gasteiger partial charge in [0.2, 0.25) is 5.69 Å². The molecule has 1 aliphatic heterocycles. The first-order valence-corrected chi connectivity index (χ1v) is 5.91. The van der Waals surface area contributed by atoms with Crippen LogP contribution in [0.3, 0.4) is 0 Å². The third-order valence-electron chi connectivity index (χ3n) is 2.97. The summed E-state index contributed by atoms with van der Waals surface area (Å²) >= 11 is 5.76. The van der Waals surface area contributed by atoms with Crippen molar-refractivity contribution in [3.63, 3.8) is 0 Å². The average molecular weight is 276 g/mol. The molecule has 5 heteroatoms. The number of carbonyl (C=O) groups is 1. The number of fused-ring (bicyclic) bond motifs is 1. The van der Waals surface area contributed by atoms with E-state index in [-0.39, 0.29) is 17.0 Å². The van der Waals surface area contributed by atoms with Crippen LogP contribution in [0.5, 0.6) is 0 Å². The third-order valence-corrected chi connectivity index (χ3v) is 3.23. The fourth-order valence-corrected chi connectivity index (χ4v) is 2.22. The van der Waals surface area contributed by atoms with E-state index in [4.69, 9.17) is 11.6 Å². The zero-order chi connectivity index (χ0) is 13.6. The van der Waals surface area contributed by atoms with E-state index < -0.39 is 11.6 Å². The van der Waals surface area contributed by atoms with Crippen LogP contribution in [0.1, 0.15) is 15.9 Å². The molecule has 0 saturated heterocycles. The van der Waals surface area contributed by atoms with Crippen LogP contribution in [0.15, 0.2) is 42.5 Å². The Kier molecular flexibility index (Phi) is 2.61. The van der Waals surface area contributed by atoms with E-state index >= 15 is 0 Å². The van der Waals surface area contributed by atoms with E-state index in [2.05, 4.69) is 0 Å². The highest BCUT2D eigenvalue weighted by Gasteiger charge is 2.38. The highest BCUT2D eigenvalue weighted by Crippen LogP contribution is 2.30. The quantitative estimate of drug-likeness (QED) is 0.592. The Bertz CT molecular complexity index is 723. The Labute approximate surface area is 113 Å². The lowest BCUT2D eigenvalue weighted by Gasteiger charge is -2.01. The van der Waals surface area contributed by atoms with E-state index in [1.165, 1.54) is 12.1 Å². The maximum atomic E-state index is 13.6. The predicted molar refractivity (Wildman–Crippen MR) is 69.6 cm³/mol. The molecule has 0 bridgehead atoms. The van der Waals surface area contributed by atoms with Crippen molar-refractivity contribution < 1.29 is 13.9 Å². The van der Waals surface area contributed by atoms with Crippen LogP contribution in [0, 0.1) is 11.0 Å². The lowest BCUT2D eigenvalue weighted by atomic mass is 10.0. The van der Waals surface area contributed by atoms with Gasteiger partial charge in [-0.05, 0) is 30.3 Å². The van der Waals surface area contributed by atoms with Gasteiger partial charge < -0.3 is 5.21 Å². The number of rotatable bonds is 1. The SMILES string of the molecule is O=C1C(c2ccc(Cl)cc2)=[N+]([O-])c2cccc(F)c21. The second kappa shape index (κ2) is 4.17. The Morgan fingerprint density at radius 2 is 1.79 bits per heavy atom. The van der Waals surface area contributed by atoms with Crippen LogP contribution in [-0.4, -0.2) is 16.2 Å². The molecule has 19 heavy (non-hydrogen) atoms. The van der Waals surface area contributed by atoms with Crippen molar-refractivity contribution in [1.82, 2.24) is 0 Å². The summed E-state index contributed by atoms with van der Waals surface area (Å²) in [5.74, 6) is -1.29. The van der Waals surface area contributed by atoms with Crippen molar-refractivity contribution in [2.45, 2.75) is 0 Å². The molecule has 3 nitrogen and oxygen atoms in total. The van der Waals surface area contributed by atoms with Crippen molar-refractivity contribution in [3.8, 4) is 0 Å². The molecule has 0 aliphatic carbocycles. The van der Waals surface area contributed by atoms with Gasteiger partial charge in [-0.2, -0.15) is 4.74 Å². The van der Waals surface area contributed by atoms with E-state index in [1.54, 1.807) is 24.3 Å². The summed E-state index contributed by atoms with van der Waals surface area (Å²) in [5.41, 5.74) is 0.189. The maximum Gasteiger partial charge on any atom is 0.273 e. The van der Waals surface area contributed by atoms with Gasteiger partial charge in [-0.15, -0.1) is 0 Å². The van der Waals surface area contributed by atoms with Crippen molar-refractivity contribution in [3.05, 3.63) is 69.6 Å². The van der Waals surface area contributed by atoms with E-state index in [1.807, 2.05) is 0 Å². The van der Waals surface area contributed by atoms with Gasteiger partial charge in [0, 0.05) is 11.1 Å². The molecule has 0 aromatic heterocycles. The minimum absolute atomic E-state index is 0.0370. The minimum atomic E-state index is -0.688. The van der Waals surface area contributed by atoms with Gasteiger partial charge in [0.25, 0.3) is 11.5 Å². The first-order valence-electron chi connectivity index (χ1n) is 5.53. The predicted octanol–water partition coefficient (Wildman–Crippen LogP) is 3.31. The number of carbonyl (C=O) groups excluding carboxylic acids is 1. The lowest BCUT2D eigenvalue weighted by molar-refractivity contribution is -0.355. The average Bonchev–Trinajstić information content (AvgIpc) is 2.65. The number of benzene rings is 2. The van der Waals surface area contributed by atoms with Gasteiger partial charge in [0.15, 0.2) is 0 Å². The summed E-state index contributed by atoms with van der Waals surface area (Å²) < 4.78 is 14.1. The highest BCUT2D eigenvalue weighted by molar-refractivity contribution is 6.52. The largest absolute Gasteiger partial charge is 0.618 e. The van der Waals surface area contributed by atoms with Crippen LogP contribution < -0.4 is 0 Å². The number of hydrogen-bond acceptors (Lipinski definition) is 2. The molecule has 0 N–H and O–H groups in total. The molecule has 0 spiro atoms. The summed E-state index contributed by atoms with van der Waals surface area (Å²) in [6, 6.07) is 10.3. The molecule has 2 aromatic rings. The first kappa shape index (κ1) is 11.9. The molecule has 0 saturated carbocycles. The summed E-state index contributed by atoms with van der Waals surface area (Å²) in [6.45, 7) is 0. The summed E-state index contributed by atoms with van der Waals surface area (Å²) in [7, 11) is 0. The fourth-order valence-electron chi connectivity index (χ4n) is 2.09. The molecule has 0 amide bonds. The molecule has 0 unspecified atom stereocenters. The summed E-state index contributed by atoms with van der Waals surface area (Å²) in [4.78, 5) is 12.2. The molecule has 2 aromatic carbocycles. The Hall–Kier alpha value is -2.20. The second-order valence-corrected chi connectivity index (χ2v) is 4.55. The van der Waals surface area contributed by atoms with Crippen LogP contribution in [0.4, 0.5) is 10.1 Å². The Balaban J connectivity index is 2.20. The van der Waals surface area contributed by atoms with E-state index in [9.17, 15) is 14.4 Å². The highest BCUT2D eigenvalue weighted by atomic mass is 35.5. The van der Waals surface area contributed by atoms with Gasteiger partial charge >= 0.3 is 0 Å². The van der Waals surface area contributed by atoms with Crippen molar-refractivity contribution in [2.24, 2.45) is 0 Å².